The highest BCUT2D eigenvalue weighted by Crippen LogP contribution is 2.30. The van der Waals surface area contributed by atoms with Gasteiger partial charge in [-0.25, -0.2) is 0 Å². The molecule has 1 aromatic carbocycles. The van der Waals surface area contributed by atoms with E-state index in [1.165, 1.54) is 16.7 Å². The van der Waals surface area contributed by atoms with Gasteiger partial charge in [-0.1, -0.05) is 6.07 Å². The first kappa shape index (κ1) is 11.7. The van der Waals surface area contributed by atoms with Gasteiger partial charge >= 0.3 is 0 Å². The SMILES string of the molecule is CNc1nc(C)c(-c2cc(C)c(C)cc2C)o1. The number of rotatable bonds is 2. The van der Waals surface area contributed by atoms with Crippen molar-refractivity contribution in [3.8, 4) is 11.3 Å². The fourth-order valence-corrected chi connectivity index (χ4v) is 1.96. The van der Waals surface area contributed by atoms with Crippen molar-refractivity contribution >= 4 is 6.01 Å². The number of anilines is 1. The second-order valence-electron chi connectivity index (χ2n) is 4.43. The van der Waals surface area contributed by atoms with Crippen molar-refractivity contribution in [1.29, 1.82) is 0 Å². The summed E-state index contributed by atoms with van der Waals surface area (Å²) in [6.07, 6.45) is 0. The van der Waals surface area contributed by atoms with Gasteiger partial charge in [0.25, 0.3) is 6.01 Å². The van der Waals surface area contributed by atoms with Gasteiger partial charge in [-0.15, -0.1) is 0 Å². The van der Waals surface area contributed by atoms with E-state index in [0.717, 1.165) is 17.0 Å². The lowest BCUT2D eigenvalue weighted by Crippen LogP contribution is -1.89. The molecule has 0 aliphatic carbocycles. The van der Waals surface area contributed by atoms with Crippen LogP contribution in [0.2, 0.25) is 0 Å². The van der Waals surface area contributed by atoms with Crippen LogP contribution in [0, 0.1) is 27.7 Å². The Kier molecular flexibility index (Phi) is 2.92. The van der Waals surface area contributed by atoms with E-state index in [4.69, 9.17) is 4.42 Å². The molecule has 1 aromatic heterocycles. The van der Waals surface area contributed by atoms with E-state index < -0.39 is 0 Å². The number of oxazole rings is 1. The van der Waals surface area contributed by atoms with Gasteiger partial charge in [-0.05, 0) is 50.5 Å². The Morgan fingerprint density at radius 1 is 1.00 bits per heavy atom. The summed E-state index contributed by atoms with van der Waals surface area (Å²) in [6.45, 7) is 8.30. The Balaban J connectivity index is 2.59. The van der Waals surface area contributed by atoms with Crippen molar-refractivity contribution in [2.45, 2.75) is 27.7 Å². The van der Waals surface area contributed by atoms with Crippen LogP contribution in [0.5, 0.6) is 0 Å². The van der Waals surface area contributed by atoms with Crippen molar-refractivity contribution in [3.05, 3.63) is 34.5 Å². The number of hydrogen-bond acceptors (Lipinski definition) is 3. The molecule has 0 bridgehead atoms. The average Bonchev–Trinajstić information content (AvgIpc) is 2.65. The lowest BCUT2D eigenvalue weighted by molar-refractivity contribution is 0.588. The van der Waals surface area contributed by atoms with Crippen LogP contribution in [0.15, 0.2) is 16.5 Å². The zero-order valence-electron chi connectivity index (χ0n) is 11.0. The van der Waals surface area contributed by atoms with Crippen molar-refractivity contribution in [1.82, 2.24) is 4.98 Å². The van der Waals surface area contributed by atoms with Gasteiger partial charge in [0.05, 0.1) is 5.69 Å². The van der Waals surface area contributed by atoms with Crippen LogP contribution in [0.25, 0.3) is 11.3 Å². The standard InChI is InChI=1S/C14H18N2O/c1-8-6-10(3)12(7-9(8)2)13-11(4)16-14(15-5)17-13/h6-7H,1-5H3,(H,15,16). The molecule has 0 spiro atoms. The molecule has 90 valence electrons. The lowest BCUT2D eigenvalue weighted by atomic mass is 9.99. The summed E-state index contributed by atoms with van der Waals surface area (Å²) >= 11 is 0. The van der Waals surface area contributed by atoms with Crippen LogP contribution in [0.3, 0.4) is 0 Å². The Bertz CT molecular complexity index is 556. The Hall–Kier alpha value is -1.77. The highest BCUT2D eigenvalue weighted by atomic mass is 16.4. The molecule has 0 atom stereocenters. The summed E-state index contributed by atoms with van der Waals surface area (Å²) in [7, 11) is 1.81. The molecule has 0 aliphatic rings. The minimum absolute atomic E-state index is 0.565. The molecule has 0 amide bonds. The largest absolute Gasteiger partial charge is 0.423 e. The number of aromatic nitrogens is 1. The number of nitrogens with one attached hydrogen (secondary N) is 1. The van der Waals surface area contributed by atoms with Crippen molar-refractivity contribution in [2.24, 2.45) is 0 Å². The van der Waals surface area contributed by atoms with Crippen molar-refractivity contribution in [3.63, 3.8) is 0 Å². The molecule has 2 rings (SSSR count). The van der Waals surface area contributed by atoms with E-state index in [2.05, 4.69) is 43.2 Å². The molecule has 0 unspecified atom stereocenters. The summed E-state index contributed by atoms with van der Waals surface area (Å²) in [4.78, 5) is 4.32. The predicted molar refractivity (Wildman–Crippen MR) is 70.4 cm³/mol. The van der Waals surface area contributed by atoms with E-state index in [-0.39, 0.29) is 0 Å². The number of nitrogens with zero attached hydrogens (tertiary/aromatic N) is 1. The van der Waals surface area contributed by atoms with Crippen LogP contribution in [-0.2, 0) is 0 Å². The Morgan fingerprint density at radius 2 is 1.65 bits per heavy atom. The minimum atomic E-state index is 0.565. The fourth-order valence-electron chi connectivity index (χ4n) is 1.96. The first-order chi connectivity index (χ1) is 8.02. The molecule has 17 heavy (non-hydrogen) atoms. The maximum atomic E-state index is 5.70. The molecule has 0 aliphatic heterocycles. The van der Waals surface area contributed by atoms with Gasteiger partial charge < -0.3 is 9.73 Å². The average molecular weight is 230 g/mol. The lowest BCUT2D eigenvalue weighted by Gasteiger charge is -2.07. The number of aryl methyl sites for hydroxylation is 4. The first-order valence-electron chi connectivity index (χ1n) is 5.76. The summed E-state index contributed by atoms with van der Waals surface area (Å²) in [5, 5.41) is 2.93. The van der Waals surface area contributed by atoms with E-state index in [1.807, 2.05) is 14.0 Å². The maximum absolute atomic E-state index is 5.70. The first-order valence-corrected chi connectivity index (χ1v) is 5.76. The molecule has 1 N–H and O–H groups in total. The number of hydrogen-bond donors (Lipinski definition) is 1. The third-order valence-electron chi connectivity index (χ3n) is 3.10. The van der Waals surface area contributed by atoms with Crippen LogP contribution in [0.4, 0.5) is 6.01 Å². The molecule has 0 fully saturated rings. The molecule has 0 saturated heterocycles. The van der Waals surface area contributed by atoms with Crippen molar-refractivity contribution < 1.29 is 4.42 Å². The fraction of sp³-hybridized carbons (Fsp3) is 0.357. The molecular weight excluding hydrogens is 212 g/mol. The van der Waals surface area contributed by atoms with Gasteiger partial charge in [0.15, 0.2) is 5.76 Å². The molecular formula is C14H18N2O. The van der Waals surface area contributed by atoms with Crippen LogP contribution in [-0.4, -0.2) is 12.0 Å². The summed E-state index contributed by atoms with van der Waals surface area (Å²) in [5.74, 6) is 0.856. The Morgan fingerprint density at radius 3 is 2.24 bits per heavy atom. The molecule has 3 nitrogen and oxygen atoms in total. The van der Waals surface area contributed by atoms with Crippen LogP contribution < -0.4 is 5.32 Å². The second-order valence-corrected chi connectivity index (χ2v) is 4.43. The molecule has 0 radical (unpaired) electrons. The van der Waals surface area contributed by atoms with E-state index in [0.29, 0.717) is 6.01 Å². The normalized spacial score (nSPS) is 10.6. The molecule has 1 heterocycles. The van der Waals surface area contributed by atoms with Gasteiger partial charge in [-0.3, -0.25) is 0 Å². The molecule has 2 aromatic rings. The molecule has 3 heteroatoms. The maximum Gasteiger partial charge on any atom is 0.295 e. The van der Waals surface area contributed by atoms with Gasteiger partial charge in [0, 0.05) is 12.6 Å². The molecule has 0 saturated carbocycles. The second kappa shape index (κ2) is 4.24. The zero-order valence-corrected chi connectivity index (χ0v) is 11.0. The topological polar surface area (TPSA) is 38.1 Å². The van der Waals surface area contributed by atoms with E-state index in [1.54, 1.807) is 0 Å². The quantitative estimate of drug-likeness (QED) is 0.856. The smallest absolute Gasteiger partial charge is 0.295 e. The summed E-state index contributed by atoms with van der Waals surface area (Å²) < 4.78 is 5.70. The van der Waals surface area contributed by atoms with Gasteiger partial charge in [-0.2, -0.15) is 4.98 Å². The zero-order chi connectivity index (χ0) is 12.6. The minimum Gasteiger partial charge on any atom is -0.423 e. The van der Waals surface area contributed by atoms with E-state index in [9.17, 15) is 0 Å². The third-order valence-corrected chi connectivity index (χ3v) is 3.10. The van der Waals surface area contributed by atoms with Crippen LogP contribution in [0.1, 0.15) is 22.4 Å². The summed E-state index contributed by atoms with van der Waals surface area (Å²) in [6, 6.07) is 4.92. The van der Waals surface area contributed by atoms with Gasteiger partial charge in [0.2, 0.25) is 0 Å². The third kappa shape index (κ3) is 2.05. The van der Waals surface area contributed by atoms with E-state index >= 15 is 0 Å². The van der Waals surface area contributed by atoms with Crippen LogP contribution >= 0.6 is 0 Å². The number of benzene rings is 1. The summed E-state index contributed by atoms with van der Waals surface area (Å²) in [5.41, 5.74) is 5.83. The predicted octanol–water partition coefficient (Wildman–Crippen LogP) is 3.62. The van der Waals surface area contributed by atoms with Gasteiger partial charge in [0.1, 0.15) is 0 Å². The monoisotopic (exact) mass is 230 g/mol. The van der Waals surface area contributed by atoms with Crippen molar-refractivity contribution in [2.75, 3.05) is 12.4 Å². The highest BCUT2D eigenvalue weighted by Gasteiger charge is 2.13. The Labute approximate surface area is 102 Å². The highest BCUT2D eigenvalue weighted by molar-refractivity contribution is 5.66.